The molecule has 10 heteroatoms. The summed E-state index contributed by atoms with van der Waals surface area (Å²) in [4.78, 5) is 35.1. The minimum absolute atomic E-state index is 0.0322. The Morgan fingerprint density at radius 2 is 1.71 bits per heavy atom. The highest BCUT2D eigenvalue weighted by Crippen LogP contribution is 2.23. The number of carbonyl (C=O) groups is 2. The van der Waals surface area contributed by atoms with Crippen molar-refractivity contribution in [3.05, 3.63) is 77.2 Å². The lowest BCUT2D eigenvalue weighted by Crippen LogP contribution is -2.28. The number of benzene rings is 2. The van der Waals surface area contributed by atoms with E-state index in [1.165, 1.54) is 24.3 Å². The van der Waals surface area contributed by atoms with Crippen LogP contribution in [-0.2, 0) is 26.2 Å². The fourth-order valence-corrected chi connectivity index (χ4v) is 4.93. The Kier molecular flexibility index (Phi) is 6.83. The molecule has 3 aromatic rings. The van der Waals surface area contributed by atoms with Crippen molar-refractivity contribution in [1.29, 1.82) is 0 Å². The summed E-state index contributed by atoms with van der Waals surface area (Å²) in [6, 6.07) is 15.3. The third-order valence-corrected chi connectivity index (χ3v) is 7.09. The number of likely N-dealkylation sites (tertiary alicyclic amines) is 1. The van der Waals surface area contributed by atoms with E-state index in [2.05, 4.69) is 20.0 Å². The number of nitrogens with one attached hydrogen (secondary N) is 2. The number of sulfonamides is 1. The molecule has 1 aromatic heterocycles. The van der Waals surface area contributed by atoms with Crippen LogP contribution in [0.2, 0.25) is 0 Å². The Morgan fingerprint density at radius 1 is 1.03 bits per heavy atom. The van der Waals surface area contributed by atoms with Gasteiger partial charge in [0.1, 0.15) is 11.6 Å². The molecule has 2 amide bonds. The first-order valence-corrected chi connectivity index (χ1v) is 12.7. The first-order valence-electron chi connectivity index (χ1n) is 11.2. The van der Waals surface area contributed by atoms with Crippen molar-refractivity contribution >= 4 is 33.3 Å². The van der Waals surface area contributed by atoms with Crippen LogP contribution in [0.25, 0.3) is 0 Å². The van der Waals surface area contributed by atoms with Gasteiger partial charge in [0.25, 0.3) is 10.0 Å². The van der Waals surface area contributed by atoms with Crippen LogP contribution in [0, 0.1) is 26.7 Å². The second-order valence-electron chi connectivity index (χ2n) is 8.72. The number of hydrogen-bond acceptors (Lipinski definition) is 6. The minimum Gasteiger partial charge on any atom is -0.338 e. The molecule has 1 aliphatic rings. The lowest BCUT2D eigenvalue weighted by Gasteiger charge is -2.17. The molecular formula is C25H27N5O4S. The summed E-state index contributed by atoms with van der Waals surface area (Å²) in [7, 11) is -3.86. The predicted molar refractivity (Wildman–Crippen MR) is 132 cm³/mol. The number of hydrogen-bond donors (Lipinski definition) is 2. The van der Waals surface area contributed by atoms with Crippen molar-refractivity contribution in [1.82, 2.24) is 14.9 Å². The highest BCUT2D eigenvalue weighted by Gasteiger charge is 2.34. The van der Waals surface area contributed by atoms with E-state index in [1.54, 1.807) is 24.8 Å². The molecule has 9 nitrogen and oxygen atoms in total. The lowest BCUT2D eigenvalue weighted by molar-refractivity contribution is -0.128. The molecule has 1 fully saturated rings. The zero-order valence-corrected chi connectivity index (χ0v) is 20.6. The molecule has 2 N–H and O–H groups in total. The van der Waals surface area contributed by atoms with E-state index in [4.69, 9.17) is 0 Å². The van der Waals surface area contributed by atoms with Crippen molar-refractivity contribution in [2.24, 2.45) is 5.92 Å². The number of aryl methyl sites for hydroxylation is 3. The normalized spacial score (nSPS) is 15.8. The van der Waals surface area contributed by atoms with Gasteiger partial charge in [-0.1, -0.05) is 29.8 Å². The van der Waals surface area contributed by atoms with Gasteiger partial charge in [0.2, 0.25) is 11.8 Å². The molecule has 2 aromatic carbocycles. The van der Waals surface area contributed by atoms with E-state index >= 15 is 0 Å². The fraction of sp³-hybridized carbons (Fsp3) is 0.280. The maximum atomic E-state index is 12.8. The average molecular weight is 494 g/mol. The Morgan fingerprint density at radius 3 is 2.37 bits per heavy atom. The maximum Gasteiger partial charge on any atom is 0.263 e. The van der Waals surface area contributed by atoms with Gasteiger partial charge >= 0.3 is 0 Å². The Bertz CT molecular complexity index is 1340. The van der Waals surface area contributed by atoms with E-state index in [9.17, 15) is 18.0 Å². The molecule has 0 saturated carbocycles. The molecule has 35 heavy (non-hydrogen) atoms. The zero-order chi connectivity index (χ0) is 25.2. The van der Waals surface area contributed by atoms with E-state index in [1.807, 2.05) is 31.2 Å². The number of anilines is 2. The van der Waals surface area contributed by atoms with Crippen LogP contribution in [0.15, 0.2) is 59.5 Å². The third kappa shape index (κ3) is 6.02. The van der Waals surface area contributed by atoms with Crippen LogP contribution in [-0.4, -0.2) is 41.6 Å². The summed E-state index contributed by atoms with van der Waals surface area (Å²) >= 11 is 0. The van der Waals surface area contributed by atoms with Gasteiger partial charge in [0.05, 0.1) is 10.8 Å². The molecular weight excluding hydrogens is 466 g/mol. The number of amides is 2. The quantitative estimate of drug-likeness (QED) is 0.521. The number of rotatable bonds is 7. The minimum atomic E-state index is -3.86. The molecule has 2 heterocycles. The summed E-state index contributed by atoms with van der Waals surface area (Å²) < 4.78 is 27.9. The summed E-state index contributed by atoms with van der Waals surface area (Å²) in [5, 5.41) is 2.79. The van der Waals surface area contributed by atoms with Crippen LogP contribution >= 0.6 is 0 Å². The topological polar surface area (TPSA) is 121 Å². The van der Waals surface area contributed by atoms with E-state index in [-0.39, 0.29) is 28.9 Å². The molecule has 182 valence electrons. The van der Waals surface area contributed by atoms with Crippen molar-refractivity contribution in [3.63, 3.8) is 0 Å². The smallest absolute Gasteiger partial charge is 0.263 e. The molecule has 1 aliphatic heterocycles. The standard InChI is InChI=1S/C25H27N5O4S/c1-16-4-6-19(7-5-16)14-30-15-20(13-24(30)31)25(32)28-21-8-10-22(11-9-21)35(33,34)29-23-12-17(2)26-18(3)27-23/h4-12,20H,13-15H2,1-3H3,(H,28,32)(H,26,27,29)/t20-/m1/s1. The van der Waals surface area contributed by atoms with Crippen molar-refractivity contribution in [2.45, 2.75) is 38.6 Å². The van der Waals surface area contributed by atoms with Crippen LogP contribution < -0.4 is 10.0 Å². The molecule has 1 saturated heterocycles. The maximum absolute atomic E-state index is 12.8. The molecule has 0 unspecified atom stereocenters. The van der Waals surface area contributed by atoms with Crippen molar-refractivity contribution < 1.29 is 18.0 Å². The summed E-state index contributed by atoms with van der Waals surface area (Å²) in [5.74, 6) is -0.154. The lowest BCUT2D eigenvalue weighted by atomic mass is 10.1. The molecule has 0 radical (unpaired) electrons. The van der Waals surface area contributed by atoms with Crippen LogP contribution in [0.4, 0.5) is 11.5 Å². The van der Waals surface area contributed by atoms with Gasteiger partial charge in [-0.25, -0.2) is 18.4 Å². The third-order valence-electron chi connectivity index (χ3n) is 5.72. The second kappa shape index (κ2) is 9.83. The van der Waals surface area contributed by atoms with Crippen LogP contribution in [0.5, 0.6) is 0 Å². The van der Waals surface area contributed by atoms with E-state index in [0.717, 1.165) is 11.1 Å². The summed E-state index contributed by atoms with van der Waals surface area (Å²) in [5.41, 5.74) is 3.26. The highest BCUT2D eigenvalue weighted by molar-refractivity contribution is 7.92. The second-order valence-corrected chi connectivity index (χ2v) is 10.4. The van der Waals surface area contributed by atoms with Crippen molar-refractivity contribution in [3.8, 4) is 0 Å². The van der Waals surface area contributed by atoms with Gasteiger partial charge in [-0.15, -0.1) is 0 Å². The predicted octanol–water partition coefficient (Wildman–Crippen LogP) is 3.19. The largest absolute Gasteiger partial charge is 0.338 e. The summed E-state index contributed by atoms with van der Waals surface area (Å²) in [6.45, 7) is 6.25. The molecule has 0 bridgehead atoms. The SMILES string of the molecule is Cc1ccc(CN2C[C@H](C(=O)Nc3ccc(S(=O)(=O)Nc4cc(C)nc(C)n4)cc3)CC2=O)cc1. The fourth-order valence-electron chi connectivity index (χ4n) is 3.94. The molecule has 0 aliphatic carbocycles. The van der Waals surface area contributed by atoms with Gasteiger partial charge < -0.3 is 10.2 Å². The van der Waals surface area contributed by atoms with Crippen LogP contribution in [0.3, 0.4) is 0 Å². The van der Waals surface area contributed by atoms with E-state index in [0.29, 0.717) is 30.3 Å². The monoisotopic (exact) mass is 493 g/mol. The first-order chi connectivity index (χ1) is 16.6. The van der Waals surface area contributed by atoms with Gasteiger partial charge in [-0.3, -0.25) is 14.3 Å². The Balaban J connectivity index is 1.37. The zero-order valence-electron chi connectivity index (χ0n) is 19.8. The average Bonchev–Trinajstić information content (AvgIpc) is 3.15. The van der Waals surface area contributed by atoms with Gasteiger partial charge in [-0.05, 0) is 50.6 Å². The molecule has 0 spiro atoms. The Hall–Kier alpha value is -3.79. The highest BCUT2D eigenvalue weighted by atomic mass is 32.2. The number of nitrogens with zero attached hydrogens (tertiary/aromatic N) is 3. The van der Waals surface area contributed by atoms with Gasteiger partial charge in [0, 0.05) is 37.0 Å². The van der Waals surface area contributed by atoms with Crippen molar-refractivity contribution in [2.75, 3.05) is 16.6 Å². The molecule has 4 rings (SSSR count). The van der Waals surface area contributed by atoms with Gasteiger partial charge in [0.15, 0.2) is 0 Å². The van der Waals surface area contributed by atoms with E-state index < -0.39 is 15.9 Å². The first kappa shape index (κ1) is 24.3. The van der Waals surface area contributed by atoms with Gasteiger partial charge in [-0.2, -0.15) is 0 Å². The molecule has 1 atom stereocenters. The number of carbonyl (C=O) groups excluding carboxylic acids is 2. The van der Waals surface area contributed by atoms with Crippen LogP contribution in [0.1, 0.15) is 29.1 Å². The summed E-state index contributed by atoms with van der Waals surface area (Å²) in [6.07, 6.45) is 0.145. The Labute approximate surface area is 204 Å². The number of aromatic nitrogens is 2.